The van der Waals surface area contributed by atoms with E-state index in [9.17, 15) is 4.57 Å². The van der Waals surface area contributed by atoms with Gasteiger partial charge in [-0.3, -0.25) is 4.57 Å². The first kappa shape index (κ1) is 11.1. The first-order valence-electron chi connectivity index (χ1n) is 3.37. The molecular formula is C6H16NO3P. The summed E-state index contributed by atoms with van der Waals surface area (Å²) in [5, 5.41) is 0. The Hall–Kier alpha value is 0.110. The molecule has 0 aliphatic carbocycles. The number of hydrogen-bond donors (Lipinski definition) is 2. The molecule has 2 N–H and O–H groups in total. The first-order valence-corrected chi connectivity index (χ1v) is 5.17. The smallest absolute Gasteiger partial charge is 0.324 e. The molecule has 0 aromatic rings. The molecule has 0 heterocycles. The molecule has 0 bridgehead atoms. The summed E-state index contributed by atoms with van der Waals surface area (Å²) < 4.78 is 10.6. The van der Waals surface area contributed by atoms with Crippen LogP contribution in [0, 0.1) is 0 Å². The Bertz CT molecular complexity index is 173. The van der Waals surface area contributed by atoms with Gasteiger partial charge in [0.2, 0.25) is 0 Å². The van der Waals surface area contributed by atoms with Crippen LogP contribution in [0.4, 0.5) is 0 Å². The van der Waals surface area contributed by atoms with Gasteiger partial charge < -0.3 is 14.7 Å². The highest BCUT2D eigenvalue weighted by Gasteiger charge is 2.29. The lowest BCUT2D eigenvalue weighted by Crippen LogP contribution is -2.41. The van der Waals surface area contributed by atoms with Crippen LogP contribution in [0.2, 0.25) is 0 Å². The van der Waals surface area contributed by atoms with E-state index in [1.807, 2.05) is 0 Å². The summed E-state index contributed by atoms with van der Waals surface area (Å²) in [5.74, 6) is 0. The molecule has 0 rings (SSSR count). The van der Waals surface area contributed by atoms with Crippen molar-refractivity contribution in [3.8, 4) is 0 Å². The largest absolute Gasteiger partial charge is 0.327 e. The molecular weight excluding hydrogens is 165 g/mol. The topological polar surface area (TPSA) is 60.8 Å². The second-order valence-corrected chi connectivity index (χ2v) is 5.18. The molecule has 0 saturated heterocycles. The lowest BCUT2D eigenvalue weighted by Gasteiger charge is -2.32. The molecule has 0 aliphatic rings. The van der Waals surface area contributed by atoms with Crippen LogP contribution in [-0.4, -0.2) is 40.5 Å². The Balaban J connectivity index is 4.25. The summed E-state index contributed by atoms with van der Waals surface area (Å²) in [6.07, 6.45) is -0.104. The van der Waals surface area contributed by atoms with Crippen molar-refractivity contribution in [1.82, 2.24) is 4.90 Å². The van der Waals surface area contributed by atoms with Crippen LogP contribution in [0.3, 0.4) is 0 Å². The molecule has 11 heavy (non-hydrogen) atoms. The SMILES string of the molecule is CN(C)C(C)(C)CP(=O)(O)O. The molecule has 0 spiro atoms. The fraction of sp³-hybridized carbons (Fsp3) is 1.00. The minimum Gasteiger partial charge on any atom is -0.324 e. The maximum Gasteiger partial charge on any atom is 0.327 e. The van der Waals surface area contributed by atoms with E-state index in [-0.39, 0.29) is 6.16 Å². The lowest BCUT2D eigenvalue weighted by atomic mass is 10.1. The summed E-state index contributed by atoms with van der Waals surface area (Å²) in [4.78, 5) is 19.2. The van der Waals surface area contributed by atoms with Crippen molar-refractivity contribution in [2.24, 2.45) is 0 Å². The van der Waals surface area contributed by atoms with Gasteiger partial charge >= 0.3 is 7.60 Å². The van der Waals surface area contributed by atoms with E-state index in [2.05, 4.69) is 0 Å². The molecule has 0 atom stereocenters. The molecule has 0 radical (unpaired) electrons. The van der Waals surface area contributed by atoms with Gasteiger partial charge in [0, 0.05) is 5.54 Å². The van der Waals surface area contributed by atoms with Crippen molar-refractivity contribution in [3.63, 3.8) is 0 Å². The van der Waals surface area contributed by atoms with Gasteiger partial charge in [-0.15, -0.1) is 0 Å². The van der Waals surface area contributed by atoms with Gasteiger partial charge in [0.25, 0.3) is 0 Å². The Morgan fingerprint density at radius 2 is 1.73 bits per heavy atom. The standard InChI is InChI=1S/C6H16NO3P/c1-6(2,7(3)4)5-11(8,9)10/h5H2,1-4H3,(H2,8,9,10). The molecule has 5 heteroatoms. The average molecular weight is 181 g/mol. The molecule has 0 saturated carbocycles. The molecule has 0 aliphatic heterocycles. The summed E-state index contributed by atoms with van der Waals surface area (Å²) in [6, 6.07) is 0. The van der Waals surface area contributed by atoms with Gasteiger partial charge in [-0.2, -0.15) is 0 Å². The van der Waals surface area contributed by atoms with E-state index in [1.165, 1.54) is 0 Å². The van der Waals surface area contributed by atoms with Crippen LogP contribution in [0.15, 0.2) is 0 Å². The van der Waals surface area contributed by atoms with Crippen molar-refractivity contribution in [1.29, 1.82) is 0 Å². The Morgan fingerprint density at radius 3 is 1.82 bits per heavy atom. The van der Waals surface area contributed by atoms with Crippen molar-refractivity contribution in [2.75, 3.05) is 20.3 Å². The van der Waals surface area contributed by atoms with Gasteiger partial charge in [-0.05, 0) is 27.9 Å². The van der Waals surface area contributed by atoms with Crippen LogP contribution in [0.5, 0.6) is 0 Å². The van der Waals surface area contributed by atoms with Crippen LogP contribution in [0.25, 0.3) is 0 Å². The summed E-state index contributed by atoms with van der Waals surface area (Å²) in [5.41, 5.74) is -0.445. The predicted molar refractivity (Wildman–Crippen MR) is 44.7 cm³/mol. The fourth-order valence-corrected chi connectivity index (χ4v) is 1.94. The van der Waals surface area contributed by atoms with E-state index >= 15 is 0 Å². The molecule has 4 nitrogen and oxygen atoms in total. The van der Waals surface area contributed by atoms with Crippen molar-refractivity contribution in [2.45, 2.75) is 19.4 Å². The van der Waals surface area contributed by atoms with Crippen LogP contribution in [0.1, 0.15) is 13.8 Å². The van der Waals surface area contributed by atoms with E-state index in [0.717, 1.165) is 0 Å². The Kier molecular flexibility index (Phi) is 3.27. The third-order valence-electron chi connectivity index (χ3n) is 1.80. The zero-order valence-electron chi connectivity index (χ0n) is 7.40. The number of nitrogens with zero attached hydrogens (tertiary/aromatic N) is 1. The van der Waals surface area contributed by atoms with Gasteiger partial charge in [-0.25, -0.2) is 0 Å². The quantitative estimate of drug-likeness (QED) is 0.622. The average Bonchev–Trinajstić information content (AvgIpc) is 1.56. The highest BCUT2D eigenvalue weighted by atomic mass is 31.2. The summed E-state index contributed by atoms with van der Waals surface area (Å²) in [6.45, 7) is 3.60. The molecule has 0 aromatic carbocycles. The fourth-order valence-electron chi connectivity index (χ4n) is 0.645. The molecule has 0 aromatic heterocycles. The number of rotatable bonds is 3. The third kappa shape index (κ3) is 4.53. The van der Waals surface area contributed by atoms with Crippen molar-refractivity contribution in [3.05, 3.63) is 0 Å². The Morgan fingerprint density at radius 1 is 1.36 bits per heavy atom. The van der Waals surface area contributed by atoms with Crippen molar-refractivity contribution < 1.29 is 14.4 Å². The van der Waals surface area contributed by atoms with Gasteiger partial charge in [-0.1, -0.05) is 0 Å². The van der Waals surface area contributed by atoms with Gasteiger partial charge in [0.15, 0.2) is 0 Å². The lowest BCUT2D eigenvalue weighted by molar-refractivity contribution is 0.209. The normalized spacial score (nSPS) is 14.1. The van der Waals surface area contributed by atoms with Crippen LogP contribution in [-0.2, 0) is 4.57 Å². The zero-order valence-corrected chi connectivity index (χ0v) is 8.30. The highest BCUT2D eigenvalue weighted by Crippen LogP contribution is 2.39. The highest BCUT2D eigenvalue weighted by molar-refractivity contribution is 7.51. The van der Waals surface area contributed by atoms with Gasteiger partial charge in [0.1, 0.15) is 0 Å². The van der Waals surface area contributed by atoms with E-state index in [1.54, 1.807) is 32.8 Å². The van der Waals surface area contributed by atoms with Crippen LogP contribution < -0.4 is 0 Å². The molecule has 0 unspecified atom stereocenters. The molecule has 0 fully saturated rings. The van der Waals surface area contributed by atoms with E-state index in [4.69, 9.17) is 9.79 Å². The van der Waals surface area contributed by atoms with Crippen molar-refractivity contribution >= 4 is 7.60 Å². The maximum atomic E-state index is 10.6. The third-order valence-corrected chi connectivity index (χ3v) is 2.99. The predicted octanol–water partition coefficient (Wildman–Crippen LogP) is 0.504. The van der Waals surface area contributed by atoms with E-state index in [0.29, 0.717) is 0 Å². The minimum atomic E-state index is -3.88. The zero-order chi connectivity index (χ0) is 9.28. The molecule has 0 amide bonds. The molecule has 68 valence electrons. The second-order valence-electron chi connectivity index (χ2n) is 3.53. The first-order chi connectivity index (χ1) is 4.65. The van der Waals surface area contributed by atoms with Crippen LogP contribution >= 0.6 is 7.60 Å². The second kappa shape index (κ2) is 3.23. The van der Waals surface area contributed by atoms with E-state index < -0.39 is 13.1 Å². The number of hydrogen-bond acceptors (Lipinski definition) is 2. The van der Waals surface area contributed by atoms with Gasteiger partial charge in [0.05, 0.1) is 6.16 Å². The monoisotopic (exact) mass is 181 g/mol. The maximum absolute atomic E-state index is 10.6. The Labute approximate surface area is 67.4 Å². The minimum absolute atomic E-state index is 0.104. The summed E-state index contributed by atoms with van der Waals surface area (Å²) >= 11 is 0. The summed E-state index contributed by atoms with van der Waals surface area (Å²) in [7, 11) is -0.280.